The van der Waals surface area contributed by atoms with Crippen molar-refractivity contribution in [2.45, 2.75) is 11.8 Å². The molecule has 2 aromatic carbocycles. The first-order valence-electron chi connectivity index (χ1n) is 5.74. The Kier molecular flexibility index (Phi) is 4.58. The molecule has 3 N–H and O–H groups in total. The number of nitrogens with two attached hydrogens (primary N) is 1. The number of nitrogen functional groups attached to an aromatic ring is 1. The zero-order valence-electron chi connectivity index (χ0n) is 10.8. The minimum absolute atomic E-state index is 0.0799. The highest BCUT2D eigenvalue weighted by Gasteiger charge is 2.17. The van der Waals surface area contributed by atoms with Crippen molar-refractivity contribution < 1.29 is 8.42 Å². The molecular formula is C13H11Cl3N2O2S. The quantitative estimate of drug-likeness (QED) is 0.628. The molecule has 4 nitrogen and oxygen atoms in total. The lowest BCUT2D eigenvalue weighted by atomic mass is 10.2. The van der Waals surface area contributed by atoms with Crippen molar-refractivity contribution in [2.75, 3.05) is 10.5 Å². The van der Waals surface area contributed by atoms with Gasteiger partial charge in [-0.15, -0.1) is 0 Å². The molecule has 0 unspecified atom stereocenters. The summed E-state index contributed by atoms with van der Waals surface area (Å²) in [4.78, 5) is 0.0799. The first-order valence-corrected chi connectivity index (χ1v) is 8.36. The molecule has 0 spiro atoms. The van der Waals surface area contributed by atoms with Crippen LogP contribution in [-0.4, -0.2) is 8.42 Å². The van der Waals surface area contributed by atoms with Crippen LogP contribution in [-0.2, 0) is 10.0 Å². The molecule has 2 aromatic rings. The van der Waals surface area contributed by atoms with Crippen LogP contribution in [0.15, 0.2) is 35.2 Å². The number of anilines is 2. The predicted octanol–water partition coefficient (Wildman–Crippen LogP) is 4.34. The summed E-state index contributed by atoms with van der Waals surface area (Å²) >= 11 is 17.6. The van der Waals surface area contributed by atoms with Crippen molar-refractivity contribution in [3.8, 4) is 0 Å². The first kappa shape index (κ1) is 16.2. The number of hydrogen-bond donors (Lipinski definition) is 2. The van der Waals surface area contributed by atoms with Crippen LogP contribution in [0.25, 0.3) is 0 Å². The highest BCUT2D eigenvalue weighted by atomic mass is 35.5. The third-order valence-corrected chi connectivity index (χ3v) is 5.20. The zero-order valence-corrected chi connectivity index (χ0v) is 13.9. The SMILES string of the molecule is Cc1cc(S(=O)(=O)Nc2cc(Cl)c(Cl)cc2Cl)ccc1N. The molecule has 0 aliphatic rings. The van der Waals surface area contributed by atoms with E-state index in [1.807, 2.05) is 0 Å². The second-order valence-electron chi connectivity index (χ2n) is 4.37. The summed E-state index contributed by atoms with van der Waals surface area (Å²) in [6.07, 6.45) is 0. The molecule has 0 aliphatic carbocycles. The summed E-state index contributed by atoms with van der Waals surface area (Å²) in [7, 11) is -3.80. The molecule has 0 heterocycles. The number of aryl methyl sites for hydroxylation is 1. The Morgan fingerprint density at radius 2 is 1.62 bits per heavy atom. The van der Waals surface area contributed by atoms with Crippen LogP contribution in [0.2, 0.25) is 15.1 Å². The van der Waals surface area contributed by atoms with E-state index in [2.05, 4.69) is 4.72 Å². The van der Waals surface area contributed by atoms with Gasteiger partial charge in [-0.25, -0.2) is 8.42 Å². The van der Waals surface area contributed by atoms with E-state index in [0.29, 0.717) is 11.3 Å². The van der Waals surface area contributed by atoms with Crippen LogP contribution in [0.1, 0.15) is 5.56 Å². The second-order valence-corrected chi connectivity index (χ2v) is 7.27. The van der Waals surface area contributed by atoms with E-state index in [1.54, 1.807) is 6.92 Å². The van der Waals surface area contributed by atoms with Gasteiger partial charge in [-0.2, -0.15) is 0 Å². The molecule has 112 valence electrons. The van der Waals surface area contributed by atoms with Gasteiger partial charge in [0.1, 0.15) is 0 Å². The standard InChI is InChI=1S/C13H11Cl3N2O2S/c1-7-4-8(2-3-12(7)17)21(19,20)18-13-6-10(15)9(14)5-11(13)16/h2-6,18H,17H2,1H3. The molecule has 21 heavy (non-hydrogen) atoms. The van der Waals surface area contributed by atoms with E-state index in [4.69, 9.17) is 40.5 Å². The predicted molar refractivity (Wildman–Crippen MR) is 87.9 cm³/mol. The van der Waals surface area contributed by atoms with Gasteiger partial charge in [0.15, 0.2) is 0 Å². The molecule has 0 atom stereocenters. The Balaban J connectivity index is 2.42. The molecule has 0 amide bonds. The van der Waals surface area contributed by atoms with Gasteiger partial charge in [-0.3, -0.25) is 4.72 Å². The topological polar surface area (TPSA) is 72.2 Å². The number of hydrogen-bond acceptors (Lipinski definition) is 3. The molecule has 8 heteroatoms. The van der Waals surface area contributed by atoms with E-state index >= 15 is 0 Å². The molecule has 2 rings (SSSR count). The van der Waals surface area contributed by atoms with Gasteiger partial charge < -0.3 is 5.73 Å². The summed E-state index contributed by atoms with van der Waals surface area (Å²) in [5, 5.41) is 0.598. The number of rotatable bonds is 3. The minimum atomic E-state index is -3.80. The third-order valence-electron chi connectivity index (χ3n) is 2.81. The number of sulfonamides is 1. The van der Waals surface area contributed by atoms with Crippen molar-refractivity contribution in [3.05, 3.63) is 51.0 Å². The minimum Gasteiger partial charge on any atom is -0.399 e. The Hall–Kier alpha value is -1.14. The third kappa shape index (κ3) is 3.55. The number of nitrogens with one attached hydrogen (secondary N) is 1. The average Bonchev–Trinajstić information content (AvgIpc) is 2.39. The fourth-order valence-corrected chi connectivity index (χ4v) is 3.43. The smallest absolute Gasteiger partial charge is 0.261 e. The summed E-state index contributed by atoms with van der Waals surface area (Å²) < 4.78 is 27.0. The lowest BCUT2D eigenvalue weighted by molar-refractivity contribution is 0.601. The van der Waals surface area contributed by atoms with Crippen LogP contribution < -0.4 is 10.5 Å². The monoisotopic (exact) mass is 364 g/mol. The molecule has 0 fully saturated rings. The molecular weight excluding hydrogens is 355 g/mol. The zero-order chi connectivity index (χ0) is 15.8. The van der Waals surface area contributed by atoms with Crippen molar-refractivity contribution in [1.29, 1.82) is 0 Å². The first-order chi connectivity index (χ1) is 9.70. The van der Waals surface area contributed by atoms with Crippen molar-refractivity contribution >= 4 is 56.2 Å². The van der Waals surface area contributed by atoms with Crippen LogP contribution in [0.4, 0.5) is 11.4 Å². The Labute approximate surface area is 137 Å². The Morgan fingerprint density at radius 3 is 2.24 bits per heavy atom. The number of benzene rings is 2. The average molecular weight is 366 g/mol. The normalized spacial score (nSPS) is 11.4. The highest BCUT2D eigenvalue weighted by Crippen LogP contribution is 2.33. The van der Waals surface area contributed by atoms with Gasteiger partial charge in [0.05, 0.1) is 25.7 Å². The fourth-order valence-electron chi connectivity index (χ4n) is 1.62. The molecule has 0 bridgehead atoms. The molecule has 0 aromatic heterocycles. The van der Waals surface area contributed by atoms with Gasteiger partial charge >= 0.3 is 0 Å². The maximum Gasteiger partial charge on any atom is 0.261 e. The van der Waals surface area contributed by atoms with E-state index in [-0.39, 0.29) is 25.7 Å². The lowest BCUT2D eigenvalue weighted by Gasteiger charge is -2.11. The van der Waals surface area contributed by atoms with Crippen molar-refractivity contribution in [1.82, 2.24) is 0 Å². The van der Waals surface area contributed by atoms with Crippen LogP contribution in [0.3, 0.4) is 0 Å². The second kappa shape index (κ2) is 5.93. The maximum atomic E-state index is 12.3. The largest absolute Gasteiger partial charge is 0.399 e. The molecule has 0 saturated carbocycles. The van der Waals surface area contributed by atoms with Gasteiger partial charge in [0.25, 0.3) is 10.0 Å². The van der Waals surface area contributed by atoms with Crippen LogP contribution >= 0.6 is 34.8 Å². The molecule has 0 radical (unpaired) electrons. The summed E-state index contributed by atoms with van der Waals surface area (Å²) in [5.41, 5.74) is 7.01. The summed E-state index contributed by atoms with van der Waals surface area (Å²) in [5.74, 6) is 0. The van der Waals surface area contributed by atoms with Gasteiger partial charge in [-0.05, 0) is 42.8 Å². The summed E-state index contributed by atoms with van der Waals surface area (Å²) in [6, 6.07) is 7.14. The van der Waals surface area contributed by atoms with Gasteiger partial charge in [0, 0.05) is 5.69 Å². The van der Waals surface area contributed by atoms with Crippen molar-refractivity contribution in [3.63, 3.8) is 0 Å². The van der Waals surface area contributed by atoms with E-state index in [9.17, 15) is 8.42 Å². The van der Waals surface area contributed by atoms with E-state index in [1.165, 1.54) is 30.3 Å². The number of halogens is 3. The van der Waals surface area contributed by atoms with Gasteiger partial charge in [0.2, 0.25) is 0 Å². The van der Waals surface area contributed by atoms with Crippen LogP contribution in [0, 0.1) is 6.92 Å². The van der Waals surface area contributed by atoms with E-state index in [0.717, 1.165) is 0 Å². The highest BCUT2D eigenvalue weighted by molar-refractivity contribution is 7.92. The molecule has 0 saturated heterocycles. The summed E-state index contributed by atoms with van der Waals surface area (Å²) in [6.45, 7) is 1.72. The molecule has 0 aliphatic heterocycles. The Bertz CT molecular complexity index is 807. The van der Waals surface area contributed by atoms with E-state index < -0.39 is 10.0 Å². The van der Waals surface area contributed by atoms with Gasteiger partial charge in [-0.1, -0.05) is 34.8 Å². The van der Waals surface area contributed by atoms with Crippen LogP contribution in [0.5, 0.6) is 0 Å². The maximum absolute atomic E-state index is 12.3. The lowest BCUT2D eigenvalue weighted by Crippen LogP contribution is -2.13. The van der Waals surface area contributed by atoms with Crippen molar-refractivity contribution in [2.24, 2.45) is 0 Å². The fraction of sp³-hybridized carbons (Fsp3) is 0.0769. The Morgan fingerprint density at radius 1 is 1.00 bits per heavy atom.